The molecule has 5 nitrogen and oxygen atoms in total. The molecule has 0 bridgehead atoms. The average Bonchev–Trinajstić information content (AvgIpc) is 2.37. The van der Waals surface area contributed by atoms with Crippen molar-refractivity contribution in [3.8, 4) is 5.75 Å². The Balaban J connectivity index is 2.54. The van der Waals surface area contributed by atoms with Gasteiger partial charge in [-0.05, 0) is 30.7 Å². The number of rotatable bonds is 6. The zero-order chi connectivity index (χ0) is 13.5. The fraction of sp³-hybridized carbons (Fsp3) is 0.385. The highest BCUT2D eigenvalue weighted by Gasteiger charge is 2.11. The molecule has 0 aliphatic heterocycles. The van der Waals surface area contributed by atoms with Crippen molar-refractivity contribution < 1.29 is 19.4 Å². The molecule has 1 aromatic rings. The summed E-state index contributed by atoms with van der Waals surface area (Å²) in [5.41, 5.74) is 0.564. The van der Waals surface area contributed by atoms with E-state index in [1.807, 2.05) is 0 Å². The van der Waals surface area contributed by atoms with Crippen LogP contribution in [0.3, 0.4) is 0 Å². The molecule has 0 saturated heterocycles. The van der Waals surface area contributed by atoms with Crippen molar-refractivity contribution in [2.45, 2.75) is 12.8 Å². The van der Waals surface area contributed by atoms with Gasteiger partial charge in [-0.25, -0.2) is 0 Å². The Bertz CT molecular complexity index is 414. The second-order valence-corrected chi connectivity index (χ2v) is 3.95. The monoisotopic (exact) mass is 251 g/mol. The van der Waals surface area contributed by atoms with Gasteiger partial charge in [-0.15, -0.1) is 0 Å². The zero-order valence-corrected chi connectivity index (χ0v) is 10.5. The molecule has 0 unspecified atom stereocenters. The summed E-state index contributed by atoms with van der Waals surface area (Å²) in [6.45, 7) is 0.428. The third-order valence-corrected chi connectivity index (χ3v) is 2.57. The van der Waals surface area contributed by atoms with Crippen molar-refractivity contribution >= 4 is 11.9 Å². The molecule has 0 fully saturated rings. The van der Waals surface area contributed by atoms with Crippen LogP contribution in [-0.2, 0) is 4.79 Å². The summed E-state index contributed by atoms with van der Waals surface area (Å²) in [7, 11) is 3.23. The first-order valence-electron chi connectivity index (χ1n) is 5.66. The molecule has 0 saturated carbocycles. The molecule has 0 spiro atoms. The van der Waals surface area contributed by atoms with Crippen molar-refractivity contribution in [3.63, 3.8) is 0 Å². The Labute approximate surface area is 106 Å². The Morgan fingerprint density at radius 2 is 1.89 bits per heavy atom. The number of carbonyl (C=O) groups excluding carboxylic acids is 1. The number of amides is 1. The summed E-state index contributed by atoms with van der Waals surface area (Å²) in [6.07, 6.45) is 0.522. The lowest BCUT2D eigenvalue weighted by molar-refractivity contribution is -0.137. The molecule has 0 heterocycles. The second kappa shape index (κ2) is 6.64. The number of carboxylic acid groups (broad SMARTS) is 1. The van der Waals surface area contributed by atoms with Crippen LogP contribution in [0.25, 0.3) is 0 Å². The van der Waals surface area contributed by atoms with Crippen LogP contribution < -0.4 is 4.74 Å². The van der Waals surface area contributed by atoms with Gasteiger partial charge in [-0.1, -0.05) is 0 Å². The molecule has 5 heteroatoms. The highest BCUT2D eigenvalue weighted by Crippen LogP contribution is 2.12. The van der Waals surface area contributed by atoms with Gasteiger partial charge in [0.2, 0.25) is 0 Å². The van der Waals surface area contributed by atoms with Gasteiger partial charge in [0.15, 0.2) is 0 Å². The van der Waals surface area contributed by atoms with E-state index in [1.54, 1.807) is 38.4 Å². The third kappa shape index (κ3) is 4.08. The summed E-state index contributed by atoms with van der Waals surface area (Å²) in [5.74, 6) is -0.275. The SMILES string of the molecule is COc1ccc(C(=O)N(C)CCCC(=O)O)cc1. The minimum absolute atomic E-state index is 0.0697. The van der Waals surface area contributed by atoms with Gasteiger partial charge in [0.25, 0.3) is 5.91 Å². The van der Waals surface area contributed by atoms with Gasteiger partial charge in [-0.2, -0.15) is 0 Å². The molecule has 98 valence electrons. The summed E-state index contributed by atoms with van der Waals surface area (Å²) < 4.78 is 5.01. The van der Waals surface area contributed by atoms with Crippen LogP contribution in [0, 0.1) is 0 Å². The summed E-state index contributed by atoms with van der Waals surface area (Å²) >= 11 is 0. The molecular weight excluding hydrogens is 234 g/mol. The summed E-state index contributed by atoms with van der Waals surface area (Å²) in [6, 6.07) is 6.82. The van der Waals surface area contributed by atoms with Crippen LogP contribution in [0.4, 0.5) is 0 Å². The summed E-state index contributed by atoms with van der Waals surface area (Å²) in [5, 5.41) is 8.52. The lowest BCUT2D eigenvalue weighted by Gasteiger charge is -2.16. The van der Waals surface area contributed by atoms with Crippen molar-refractivity contribution in [1.82, 2.24) is 4.90 Å². The van der Waals surface area contributed by atoms with Gasteiger partial charge in [0, 0.05) is 25.6 Å². The second-order valence-electron chi connectivity index (χ2n) is 3.95. The van der Waals surface area contributed by atoms with Crippen molar-refractivity contribution in [2.75, 3.05) is 20.7 Å². The first kappa shape index (κ1) is 14.0. The highest BCUT2D eigenvalue weighted by atomic mass is 16.5. The van der Waals surface area contributed by atoms with E-state index in [1.165, 1.54) is 4.90 Å². The molecule has 0 atom stereocenters. The first-order chi connectivity index (χ1) is 8.54. The van der Waals surface area contributed by atoms with Crippen LogP contribution in [0.1, 0.15) is 23.2 Å². The lowest BCUT2D eigenvalue weighted by Crippen LogP contribution is -2.28. The molecule has 1 rings (SSSR count). The standard InChI is InChI=1S/C13H17NO4/c1-14(9-3-4-12(15)16)13(17)10-5-7-11(18-2)8-6-10/h5-8H,3-4,9H2,1-2H3,(H,15,16). The molecule has 18 heavy (non-hydrogen) atoms. The van der Waals surface area contributed by atoms with Gasteiger partial charge in [0.05, 0.1) is 7.11 Å². The van der Waals surface area contributed by atoms with Crippen LogP contribution in [0.15, 0.2) is 24.3 Å². The maximum atomic E-state index is 12.0. The molecule has 0 aromatic heterocycles. The predicted octanol–water partition coefficient (Wildman–Crippen LogP) is 1.63. The van der Waals surface area contributed by atoms with E-state index in [9.17, 15) is 9.59 Å². The molecule has 1 amide bonds. The first-order valence-corrected chi connectivity index (χ1v) is 5.66. The van der Waals surface area contributed by atoms with Crippen LogP contribution >= 0.6 is 0 Å². The fourth-order valence-electron chi connectivity index (χ4n) is 1.52. The number of carbonyl (C=O) groups is 2. The van der Waals surface area contributed by atoms with E-state index in [2.05, 4.69) is 0 Å². The van der Waals surface area contributed by atoms with E-state index in [4.69, 9.17) is 9.84 Å². The number of carboxylic acids is 1. The minimum Gasteiger partial charge on any atom is -0.497 e. The van der Waals surface area contributed by atoms with Crippen LogP contribution in [-0.4, -0.2) is 42.6 Å². The number of methoxy groups -OCH3 is 1. The number of nitrogens with zero attached hydrogens (tertiary/aromatic N) is 1. The number of hydrogen-bond donors (Lipinski definition) is 1. The Kier molecular flexibility index (Phi) is 5.17. The fourth-order valence-corrected chi connectivity index (χ4v) is 1.52. The lowest BCUT2D eigenvalue weighted by atomic mass is 10.2. The van der Waals surface area contributed by atoms with Crippen LogP contribution in [0.2, 0.25) is 0 Å². The van der Waals surface area contributed by atoms with Crippen molar-refractivity contribution in [3.05, 3.63) is 29.8 Å². The predicted molar refractivity (Wildman–Crippen MR) is 66.8 cm³/mol. The average molecular weight is 251 g/mol. The van der Waals surface area contributed by atoms with E-state index in [0.717, 1.165) is 0 Å². The Morgan fingerprint density at radius 3 is 2.39 bits per heavy atom. The molecule has 0 aliphatic rings. The maximum absolute atomic E-state index is 12.0. The number of benzene rings is 1. The van der Waals surface area contributed by atoms with E-state index >= 15 is 0 Å². The number of ether oxygens (including phenoxy) is 1. The topological polar surface area (TPSA) is 66.8 Å². The zero-order valence-electron chi connectivity index (χ0n) is 10.5. The van der Waals surface area contributed by atoms with Crippen molar-refractivity contribution in [1.29, 1.82) is 0 Å². The number of hydrogen-bond acceptors (Lipinski definition) is 3. The Hall–Kier alpha value is -2.04. The smallest absolute Gasteiger partial charge is 0.303 e. The normalized spacial score (nSPS) is 9.89. The molecule has 0 radical (unpaired) electrons. The molecular formula is C13H17NO4. The van der Waals surface area contributed by atoms with Crippen LogP contribution in [0.5, 0.6) is 5.75 Å². The highest BCUT2D eigenvalue weighted by molar-refractivity contribution is 5.94. The van der Waals surface area contributed by atoms with Gasteiger partial charge in [0.1, 0.15) is 5.75 Å². The van der Waals surface area contributed by atoms with E-state index in [-0.39, 0.29) is 12.3 Å². The van der Waals surface area contributed by atoms with E-state index < -0.39 is 5.97 Å². The molecule has 1 aromatic carbocycles. The number of aliphatic carboxylic acids is 1. The van der Waals surface area contributed by atoms with Gasteiger partial charge < -0.3 is 14.7 Å². The van der Waals surface area contributed by atoms with Gasteiger partial charge >= 0.3 is 5.97 Å². The van der Waals surface area contributed by atoms with Gasteiger partial charge in [-0.3, -0.25) is 9.59 Å². The maximum Gasteiger partial charge on any atom is 0.303 e. The third-order valence-electron chi connectivity index (χ3n) is 2.57. The minimum atomic E-state index is -0.847. The van der Waals surface area contributed by atoms with Crippen molar-refractivity contribution in [2.24, 2.45) is 0 Å². The van der Waals surface area contributed by atoms with E-state index in [0.29, 0.717) is 24.3 Å². The largest absolute Gasteiger partial charge is 0.497 e. The Morgan fingerprint density at radius 1 is 1.28 bits per heavy atom. The molecule has 1 N–H and O–H groups in total. The molecule has 0 aliphatic carbocycles. The quantitative estimate of drug-likeness (QED) is 0.834. The summed E-state index contributed by atoms with van der Waals surface area (Å²) in [4.78, 5) is 23.9.